The van der Waals surface area contributed by atoms with Gasteiger partial charge in [-0.15, -0.1) is 0 Å². The van der Waals surface area contributed by atoms with Crippen LogP contribution in [0.25, 0.3) is 0 Å². The summed E-state index contributed by atoms with van der Waals surface area (Å²) in [5, 5.41) is 9.07. The molecule has 0 unspecified atom stereocenters. The maximum absolute atomic E-state index is 13.6. The Morgan fingerprint density at radius 1 is 1.26 bits per heavy atom. The highest BCUT2D eigenvalue weighted by molar-refractivity contribution is 5.79. The third-order valence-corrected chi connectivity index (χ3v) is 2.35. The Morgan fingerprint density at radius 2 is 1.74 bits per heavy atom. The molecule has 19 heavy (non-hydrogen) atoms. The highest BCUT2D eigenvalue weighted by Gasteiger charge is 2.34. The van der Waals surface area contributed by atoms with Crippen molar-refractivity contribution < 1.29 is 23.8 Å². The van der Waals surface area contributed by atoms with Crippen molar-refractivity contribution in [2.24, 2.45) is 5.41 Å². The molecule has 0 aliphatic heterocycles. The lowest BCUT2D eigenvalue weighted by Crippen LogP contribution is -2.46. The van der Waals surface area contributed by atoms with E-state index in [1.54, 1.807) is 0 Å². The van der Waals surface area contributed by atoms with Crippen molar-refractivity contribution in [1.82, 2.24) is 4.90 Å². The van der Waals surface area contributed by atoms with Crippen LogP contribution in [0.15, 0.2) is 0 Å². The van der Waals surface area contributed by atoms with Gasteiger partial charge in [-0.3, -0.25) is 4.90 Å². The van der Waals surface area contributed by atoms with Crippen LogP contribution in [0, 0.1) is 5.41 Å². The Balaban J connectivity index is 4.68. The van der Waals surface area contributed by atoms with Crippen LogP contribution in [0.1, 0.15) is 41.0 Å². The van der Waals surface area contributed by atoms with E-state index >= 15 is 0 Å². The topological polar surface area (TPSA) is 66.8 Å². The minimum atomic E-state index is -1.68. The summed E-state index contributed by atoms with van der Waals surface area (Å²) in [6.07, 6.45) is -1.05. The fourth-order valence-corrected chi connectivity index (χ4v) is 1.36. The Hall–Kier alpha value is -1.33. The van der Waals surface area contributed by atoms with Crippen LogP contribution in [0.2, 0.25) is 0 Å². The molecule has 0 aromatic rings. The molecule has 0 radical (unpaired) electrons. The zero-order valence-electron chi connectivity index (χ0n) is 12.5. The first-order valence-electron chi connectivity index (χ1n) is 6.15. The molecule has 0 heterocycles. The number of halogens is 1. The number of carbonyl (C=O) groups is 2. The van der Waals surface area contributed by atoms with Gasteiger partial charge in [0.25, 0.3) is 0 Å². The summed E-state index contributed by atoms with van der Waals surface area (Å²) in [4.78, 5) is 23.8. The first-order valence-corrected chi connectivity index (χ1v) is 6.15. The van der Waals surface area contributed by atoms with Gasteiger partial charge in [0.05, 0.1) is 6.61 Å². The molecule has 0 aromatic carbocycles. The molecule has 112 valence electrons. The zero-order chi connectivity index (χ0) is 15.4. The molecule has 6 heteroatoms. The van der Waals surface area contributed by atoms with Gasteiger partial charge in [-0.05, 0) is 19.3 Å². The van der Waals surface area contributed by atoms with Gasteiger partial charge in [0.15, 0.2) is 0 Å². The number of carboxylic acids is 1. The lowest BCUT2D eigenvalue weighted by atomic mass is 9.99. The molecule has 0 bridgehead atoms. The van der Waals surface area contributed by atoms with E-state index in [9.17, 15) is 14.0 Å². The number of aliphatic carboxylic acids is 1. The van der Waals surface area contributed by atoms with Crippen LogP contribution in [0.3, 0.4) is 0 Å². The second-order valence-corrected chi connectivity index (χ2v) is 6.50. The van der Waals surface area contributed by atoms with Gasteiger partial charge in [-0.25, -0.2) is 14.0 Å². The summed E-state index contributed by atoms with van der Waals surface area (Å²) >= 11 is 0. The molecule has 1 N–H and O–H groups in total. The molecule has 0 aromatic heterocycles. The largest absolute Gasteiger partial charge is 0.480 e. The Morgan fingerprint density at radius 3 is 2.05 bits per heavy atom. The molecular formula is C13H24FNO4. The summed E-state index contributed by atoms with van der Waals surface area (Å²) < 4.78 is 18.6. The molecular weight excluding hydrogens is 253 g/mol. The van der Waals surface area contributed by atoms with Crippen molar-refractivity contribution in [1.29, 1.82) is 0 Å². The normalized spacial score (nSPS) is 13.8. The molecule has 0 fully saturated rings. The molecule has 0 aliphatic carbocycles. The number of hydrogen-bond donors (Lipinski definition) is 1. The van der Waals surface area contributed by atoms with E-state index in [4.69, 9.17) is 9.84 Å². The fraction of sp³-hybridized carbons (Fsp3) is 0.846. The van der Waals surface area contributed by atoms with Crippen molar-refractivity contribution >= 4 is 12.1 Å². The highest BCUT2D eigenvalue weighted by Crippen LogP contribution is 2.20. The Kier molecular flexibility index (Phi) is 5.78. The van der Waals surface area contributed by atoms with Gasteiger partial charge in [0.1, 0.15) is 11.7 Å². The summed E-state index contributed by atoms with van der Waals surface area (Å²) in [6.45, 7) is 8.38. The number of hydrogen-bond acceptors (Lipinski definition) is 3. The molecule has 0 saturated carbocycles. The standard InChI is InChI=1S/C13H24FNO4/c1-12(2,3)8-19-11(18)15(6)9(10(16)17)7-13(4,5)14/h9H,7-8H2,1-6H3,(H,16,17)/t9-/m0/s1. The van der Waals surface area contributed by atoms with Crippen molar-refractivity contribution in [3.05, 3.63) is 0 Å². The fourth-order valence-electron chi connectivity index (χ4n) is 1.36. The average Bonchev–Trinajstić information content (AvgIpc) is 2.18. The monoisotopic (exact) mass is 277 g/mol. The van der Waals surface area contributed by atoms with Gasteiger partial charge in [-0.2, -0.15) is 0 Å². The highest BCUT2D eigenvalue weighted by atomic mass is 19.1. The summed E-state index contributed by atoms with van der Waals surface area (Å²) in [6, 6.07) is -1.24. The van der Waals surface area contributed by atoms with Crippen LogP contribution >= 0.6 is 0 Å². The maximum atomic E-state index is 13.6. The molecule has 0 rings (SSSR count). The van der Waals surface area contributed by atoms with E-state index in [-0.39, 0.29) is 18.4 Å². The molecule has 0 saturated heterocycles. The molecule has 0 aliphatic rings. The number of amides is 1. The van der Waals surface area contributed by atoms with Gasteiger partial charge in [-0.1, -0.05) is 20.8 Å². The third-order valence-electron chi connectivity index (χ3n) is 2.35. The zero-order valence-corrected chi connectivity index (χ0v) is 12.5. The van der Waals surface area contributed by atoms with Crippen LogP contribution in [0.5, 0.6) is 0 Å². The predicted octanol–water partition coefficient (Wildman–Crippen LogP) is 2.69. The van der Waals surface area contributed by atoms with Gasteiger partial charge < -0.3 is 9.84 Å². The third kappa shape index (κ3) is 7.64. The molecule has 1 amide bonds. The van der Waals surface area contributed by atoms with Crippen LogP contribution in [-0.4, -0.2) is 47.4 Å². The van der Waals surface area contributed by atoms with E-state index in [0.717, 1.165) is 4.90 Å². The van der Waals surface area contributed by atoms with Crippen molar-refractivity contribution in [3.63, 3.8) is 0 Å². The number of alkyl halides is 1. The minimum Gasteiger partial charge on any atom is -0.480 e. The van der Waals surface area contributed by atoms with Crippen molar-refractivity contribution in [3.8, 4) is 0 Å². The summed E-state index contributed by atoms with van der Waals surface area (Å²) in [5.74, 6) is -1.25. The average molecular weight is 277 g/mol. The Labute approximate surface area is 113 Å². The second-order valence-electron chi connectivity index (χ2n) is 6.50. The summed E-state index contributed by atoms with van der Waals surface area (Å²) in [7, 11) is 1.30. The SMILES string of the molecule is CN(C(=O)OCC(C)(C)C)[C@@H](CC(C)(C)F)C(=O)O. The first-order chi connectivity index (χ1) is 8.33. The van der Waals surface area contributed by atoms with E-state index in [0.29, 0.717) is 0 Å². The lowest BCUT2D eigenvalue weighted by molar-refractivity contribution is -0.143. The van der Waals surface area contributed by atoms with E-state index in [1.165, 1.54) is 20.9 Å². The molecule has 0 spiro atoms. The second kappa shape index (κ2) is 6.21. The number of likely N-dealkylation sites (N-methyl/N-ethyl adjacent to an activating group) is 1. The molecule has 1 atom stereocenters. The Bertz CT molecular complexity index is 331. The first kappa shape index (κ1) is 17.7. The van der Waals surface area contributed by atoms with E-state index in [1.807, 2.05) is 20.8 Å². The quantitative estimate of drug-likeness (QED) is 0.839. The number of ether oxygens (including phenoxy) is 1. The van der Waals surface area contributed by atoms with Gasteiger partial charge >= 0.3 is 12.1 Å². The van der Waals surface area contributed by atoms with Gasteiger partial charge in [0.2, 0.25) is 0 Å². The summed E-state index contributed by atoms with van der Waals surface area (Å²) in [5.41, 5.74) is -1.89. The molecule has 5 nitrogen and oxygen atoms in total. The number of nitrogens with zero attached hydrogens (tertiary/aromatic N) is 1. The minimum absolute atomic E-state index is 0.168. The van der Waals surface area contributed by atoms with E-state index < -0.39 is 23.8 Å². The lowest BCUT2D eigenvalue weighted by Gasteiger charge is -2.29. The van der Waals surface area contributed by atoms with E-state index in [2.05, 4.69) is 0 Å². The van der Waals surface area contributed by atoms with Gasteiger partial charge in [0, 0.05) is 13.5 Å². The van der Waals surface area contributed by atoms with Crippen LogP contribution < -0.4 is 0 Å². The number of carboxylic acid groups (broad SMARTS) is 1. The van der Waals surface area contributed by atoms with Crippen molar-refractivity contribution in [2.75, 3.05) is 13.7 Å². The maximum Gasteiger partial charge on any atom is 0.410 e. The van der Waals surface area contributed by atoms with Crippen LogP contribution in [0.4, 0.5) is 9.18 Å². The predicted molar refractivity (Wildman–Crippen MR) is 69.8 cm³/mol. The smallest absolute Gasteiger partial charge is 0.410 e. The van der Waals surface area contributed by atoms with Crippen molar-refractivity contribution in [2.45, 2.75) is 52.8 Å². The number of rotatable bonds is 5. The van der Waals surface area contributed by atoms with Crippen LogP contribution in [-0.2, 0) is 9.53 Å². The number of carbonyl (C=O) groups excluding carboxylic acids is 1.